The van der Waals surface area contributed by atoms with Crippen molar-refractivity contribution in [3.63, 3.8) is 0 Å². The summed E-state index contributed by atoms with van der Waals surface area (Å²) in [4.78, 5) is 0. The molecule has 0 aromatic heterocycles. The van der Waals surface area contributed by atoms with Crippen LogP contribution < -0.4 is 0 Å². The van der Waals surface area contributed by atoms with Gasteiger partial charge in [-0.1, -0.05) is 27.2 Å². The highest BCUT2D eigenvalue weighted by Gasteiger charge is 2.66. The molecule has 92 valence electrons. The molecule has 1 N–H and O–H groups in total. The Hall–Kier alpha value is -0.0400. The van der Waals surface area contributed by atoms with Crippen molar-refractivity contribution in [2.24, 2.45) is 35.0 Å². The standard InChI is InChI=1S/C15H26O/c1-9-5-6-10-12(9)13-11(14(13,2)3)7-8-15(10,4)16/h9-13,16H,5-8H2,1-4H3/t9-,10-,11+,12+,13+,15-/m0/s1. The van der Waals surface area contributed by atoms with Crippen LogP contribution in [0.15, 0.2) is 0 Å². The van der Waals surface area contributed by atoms with Gasteiger partial charge in [0.05, 0.1) is 5.60 Å². The highest BCUT2D eigenvalue weighted by Crippen LogP contribution is 2.71. The molecule has 0 bridgehead atoms. The SMILES string of the molecule is C[C@H]1CC[C@H]2[C@@H]1[C@H]1[C@@H](CC[C@]2(C)O)C1(C)C. The van der Waals surface area contributed by atoms with E-state index >= 15 is 0 Å². The van der Waals surface area contributed by atoms with Gasteiger partial charge in [-0.05, 0) is 61.2 Å². The van der Waals surface area contributed by atoms with Crippen LogP contribution in [-0.2, 0) is 0 Å². The number of hydrogen-bond acceptors (Lipinski definition) is 1. The summed E-state index contributed by atoms with van der Waals surface area (Å²) < 4.78 is 0. The van der Waals surface area contributed by atoms with E-state index in [1.165, 1.54) is 19.3 Å². The molecule has 1 heteroatoms. The molecular weight excluding hydrogens is 196 g/mol. The Morgan fingerprint density at radius 2 is 1.69 bits per heavy atom. The second-order valence-electron chi connectivity index (χ2n) is 7.59. The van der Waals surface area contributed by atoms with Crippen LogP contribution in [0.3, 0.4) is 0 Å². The Labute approximate surface area is 99.6 Å². The lowest BCUT2D eigenvalue weighted by Crippen LogP contribution is -2.38. The Bertz CT molecular complexity index is 305. The zero-order valence-electron chi connectivity index (χ0n) is 11.2. The van der Waals surface area contributed by atoms with Crippen molar-refractivity contribution in [1.82, 2.24) is 0 Å². The first kappa shape index (κ1) is 11.1. The number of aliphatic hydroxyl groups is 1. The first-order valence-corrected chi connectivity index (χ1v) is 7.08. The Morgan fingerprint density at radius 3 is 2.38 bits per heavy atom. The highest BCUT2D eigenvalue weighted by atomic mass is 16.3. The smallest absolute Gasteiger partial charge is 0.0650 e. The molecule has 0 unspecified atom stereocenters. The van der Waals surface area contributed by atoms with Gasteiger partial charge in [-0.2, -0.15) is 0 Å². The third-order valence-corrected chi connectivity index (χ3v) is 6.37. The maximum absolute atomic E-state index is 10.7. The molecule has 0 radical (unpaired) electrons. The van der Waals surface area contributed by atoms with E-state index in [2.05, 4.69) is 27.7 Å². The first-order chi connectivity index (χ1) is 7.36. The molecule has 0 aliphatic heterocycles. The molecule has 3 saturated carbocycles. The van der Waals surface area contributed by atoms with Crippen molar-refractivity contribution in [3.05, 3.63) is 0 Å². The average molecular weight is 222 g/mol. The van der Waals surface area contributed by atoms with E-state index in [0.717, 1.165) is 30.1 Å². The van der Waals surface area contributed by atoms with Gasteiger partial charge in [0.25, 0.3) is 0 Å². The molecule has 0 amide bonds. The fourth-order valence-corrected chi connectivity index (χ4v) is 5.29. The molecular formula is C15H26O. The van der Waals surface area contributed by atoms with Crippen LogP contribution in [0.5, 0.6) is 0 Å². The topological polar surface area (TPSA) is 20.2 Å². The van der Waals surface area contributed by atoms with Crippen LogP contribution in [0.2, 0.25) is 0 Å². The van der Waals surface area contributed by atoms with Gasteiger partial charge in [0.15, 0.2) is 0 Å². The summed E-state index contributed by atoms with van der Waals surface area (Å²) in [6.07, 6.45) is 4.89. The fourth-order valence-electron chi connectivity index (χ4n) is 5.29. The van der Waals surface area contributed by atoms with Crippen molar-refractivity contribution >= 4 is 0 Å². The molecule has 3 aliphatic carbocycles. The third kappa shape index (κ3) is 1.27. The van der Waals surface area contributed by atoms with Crippen molar-refractivity contribution in [3.8, 4) is 0 Å². The minimum atomic E-state index is -0.376. The molecule has 3 fully saturated rings. The largest absolute Gasteiger partial charge is 0.390 e. The van der Waals surface area contributed by atoms with Gasteiger partial charge >= 0.3 is 0 Å². The zero-order chi connectivity index (χ0) is 11.7. The minimum absolute atomic E-state index is 0.376. The summed E-state index contributed by atoms with van der Waals surface area (Å²) >= 11 is 0. The molecule has 0 heterocycles. The van der Waals surface area contributed by atoms with E-state index in [-0.39, 0.29) is 5.60 Å². The van der Waals surface area contributed by atoms with E-state index < -0.39 is 0 Å². The monoisotopic (exact) mass is 222 g/mol. The molecule has 0 spiro atoms. The second-order valence-corrected chi connectivity index (χ2v) is 7.59. The number of fused-ring (bicyclic) bond motifs is 3. The maximum Gasteiger partial charge on any atom is 0.0650 e. The van der Waals surface area contributed by atoms with E-state index in [9.17, 15) is 5.11 Å². The molecule has 0 saturated heterocycles. The number of hydrogen-bond donors (Lipinski definition) is 1. The van der Waals surface area contributed by atoms with Gasteiger partial charge in [0, 0.05) is 0 Å². The lowest BCUT2D eigenvalue weighted by Gasteiger charge is -2.35. The van der Waals surface area contributed by atoms with Crippen LogP contribution >= 0.6 is 0 Å². The summed E-state index contributed by atoms with van der Waals surface area (Å²) in [6, 6.07) is 0. The molecule has 1 nitrogen and oxygen atoms in total. The van der Waals surface area contributed by atoms with Gasteiger partial charge in [0.1, 0.15) is 0 Å². The zero-order valence-corrected chi connectivity index (χ0v) is 11.2. The predicted molar refractivity (Wildman–Crippen MR) is 66.0 cm³/mol. The van der Waals surface area contributed by atoms with E-state index in [4.69, 9.17) is 0 Å². The molecule has 0 aromatic carbocycles. The Balaban J connectivity index is 1.94. The first-order valence-electron chi connectivity index (χ1n) is 7.08. The van der Waals surface area contributed by atoms with Crippen LogP contribution in [0.25, 0.3) is 0 Å². The second kappa shape index (κ2) is 3.04. The van der Waals surface area contributed by atoms with Gasteiger partial charge in [0.2, 0.25) is 0 Å². The number of rotatable bonds is 0. The summed E-state index contributed by atoms with van der Waals surface area (Å²) in [5.41, 5.74) is 0.191. The van der Waals surface area contributed by atoms with E-state index in [0.29, 0.717) is 11.3 Å². The van der Waals surface area contributed by atoms with Crippen LogP contribution in [0.1, 0.15) is 53.4 Å². The third-order valence-electron chi connectivity index (χ3n) is 6.37. The van der Waals surface area contributed by atoms with E-state index in [1.807, 2.05) is 0 Å². The predicted octanol–water partition coefficient (Wildman–Crippen LogP) is 3.47. The van der Waals surface area contributed by atoms with Crippen molar-refractivity contribution in [1.29, 1.82) is 0 Å². The van der Waals surface area contributed by atoms with Crippen molar-refractivity contribution in [2.75, 3.05) is 0 Å². The van der Waals surface area contributed by atoms with E-state index in [1.54, 1.807) is 0 Å². The minimum Gasteiger partial charge on any atom is -0.390 e. The van der Waals surface area contributed by atoms with Crippen molar-refractivity contribution < 1.29 is 5.11 Å². The Kier molecular flexibility index (Phi) is 2.11. The maximum atomic E-state index is 10.7. The average Bonchev–Trinajstić information content (AvgIpc) is 2.51. The summed E-state index contributed by atoms with van der Waals surface area (Å²) in [6.45, 7) is 9.41. The molecule has 0 aromatic rings. The van der Waals surface area contributed by atoms with Crippen LogP contribution in [0, 0.1) is 35.0 Å². The van der Waals surface area contributed by atoms with Crippen LogP contribution in [-0.4, -0.2) is 10.7 Å². The molecule has 3 rings (SSSR count). The van der Waals surface area contributed by atoms with Gasteiger partial charge in [-0.3, -0.25) is 0 Å². The van der Waals surface area contributed by atoms with Gasteiger partial charge < -0.3 is 5.11 Å². The van der Waals surface area contributed by atoms with Gasteiger partial charge in [-0.25, -0.2) is 0 Å². The molecule has 16 heavy (non-hydrogen) atoms. The summed E-state index contributed by atoms with van der Waals surface area (Å²) in [7, 11) is 0. The lowest BCUT2D eigenvalue weighted by atomic mass is 9.74. The Morgan fingerprint density at radius 1 is 1.00 bits per heavy atom. The lowest BCUT2D eigenvalue weighted by molar-refractivity contribution is -0.0302. The van der Waals surface area contributed by atoms with Crippen molar-refractivity contribution in [2.45, 2.75) is 59.0 Å². The fraction of sp³-hybridized carbons (Fsp3) is 1.00. The van der Waals surface area contributed by atoms with Crippen LogP contribution in [0.4, 0.5) is 0 Å². The molecule has 6 atom stereocenters. The van der Waals surface area contributed by atoms with Gasteiger partial charge in [-0.15, -0.1) is 0 Å². The summed E-state index contributed by atoms with van der Waals surface area (Å²) in [5.74, 6) is 4.03. The quantitative estimate of drug-likeness (QED) is 0.665. The highest BCUT2D eigenvalue weighted by molar-refractivity contribution is 5.14. The summed E-state index contributed by atoms with van der Waals surface area (Å²) in [5, 5.41) is 10.7. The molecule has 3 aliphatic rings. The normalized spacial score (nSPS) is 58.7.